The number of rotatable bonds is 8. The molecule has 3 rings (SSSR count). The van der Waals surface area contributed by atoms with E-state index in [1.54, 1.807) is 36.4 Å². The lowest BCUT2D eigenvalue weighted by Crippen LogP contribution is -2.41. The van der Waals surface area contributed by atoms with Gasteiger partial charge in [0.1, 0.15) is 0 Å². The maximum atomic E-state index is 12.6. The molecule has 29 heavy (non-hydrogen) atoms. The molecule has 8 heteroatoms. The predicted molar refractivity (Wildman–Crippen MR) is 117 cm³/mol. The van der Waals surface area contributed by atoms with Gasteiger partial charge in [-0.1, -0.05) is 23.7 Å². The van der Waals surface area contributed by atoms with Crippen molar-refractivity contribution in [3.8, 4) is 0 Å². The number of para-hydroxylation sites is 1. The quantitative estimate of drug-likeness (QED) is 0.626. The second kappa shape index (κ2) is 11.2. The molecule has 2 amide bonds. The standard InChI is InChI=1S/C21H24ClN3O3S/c22-16-5-7-17(8-6-16)29-15-20(26)24-19-4-2-1-3-18(19)21(27)23-9-10-25-11-13-28-14-12-25/h1-8H,9-15H2,(H,23,27)(H,24,26). The summed E-state index contributed by atoms with van der Waals surface area (Å²) < 4.78 is 5.33. The molecule has 1 aliphatic rings. The Morgan fingerprint density at radius 1 is 1.07 bits per heavy atom. The minimum Gasteiger partial charge on any atom is -0.379 e. The van der Waals surface area contributed by atoms with Gasteiger partial charge in [-0.3, -0.25) is 14.5 Å². The smallest absolute Gasteiger partial charge is 0.253 e. The van der Waals surface area contributed by atoms with Crippen molar-refractivity contribution in [3.63, 3.8) is 0 Å². The Morgan fingerprint density at radius 3 is 2.55 bits per heavy atom. The van der Waals surface area contributed by atoms with E-state index in [4.69, 9.17) is 16.3 Å². The van der Waals surface area contributed by atoms with E-state index in [-0.39, 0.29) is 17.6 Å². The first-order valence-corrected chi connectivity index (χ1v) is 10.8. The number of anilines is 1. The molecule has 1 heterocycles. The normalized spacial score (nSPS) is 14.4. The third kappa shape index (κ3) is 7.04. The van der Waals surface area contributed by atoms with Gasteiger partial charge in [-0.15, -0.1) is 11.8 Å². The topological polar surface area (TPSA) is 70.7 Å². The van der Waals surface area contributed by atoms with Crippen molar-refractivity contribution in [2.45, 2.75) is 4.90 Å². The summed E-state index contributed by atoms with van der Waals surface area (Å²) in [6.45, 7) is 4.56. The zero-order valence-corrected chi connectivity index (χ0v) is 17.6. The molecule has 1 saturated heterocycles. The van der Waals surface area contributed by atoms with Gasteiger partial charge in [-0.25, -0.2) is 0 Å². The van der Waals surface area contributed by atoms with Crippen molar-refractivity contribution in [2.24, 2.45) is 0 Å². The SMILES string of the molecule is O=C(CSc1ccc(Cl)cc1)Nc1ccccc1C(=O)NCCN1CCOCC1. The fourth-order valence-corrected chi connectivity index (χ4v) is 3.73. The second-order valence-corrected chi connectivity index (χ2v) is 8.03. The van der Waals surface area contributed by atoms with Crippen LogP contribution in [0, 0.1) is 0 Å². The third-order valence-corrected chi connectivity index (χ3v) is 5.71. The van der Waals surface area contributed by atoms with Crippen LogP contribution in [0.4, 0.5) is 5.69 Å². The molecule has 1 fully saturated rings. The van der Waals surface area contributed by atoms with Gasteiger partial charge in [0.25, 0.3) is 5.91 Å². The second-order valence-electron chi connectivity index (χ2n) is 6.55. The van der Waals surface area contributed by atoms with Crippen LogP contribution in [-0.4, -0.2) is 61.9 Å². The van der Waals surface area contributed by atoms with Crippen molar-refractivity contribution < 1.29 is 14.3 Å². The molecular formula is C21H24ClN3O3S. The third-order valence-electron chi connectivity index (χ3n) is 4.45. The Kier molecular flexibility index (Phi) is 8.37. The van der Waals surface area contributed by atoms with E-state index in [2.05, 4.69) is 15.5 Å². The van der Waals surface area contributed by atoms with Crippen molar-refractivity contribution in [3.05, 3.63) is 59.1 Å². The van der Waals surface area contributed by atoms with Gasteiger partial charge in [-0.2, -0.15) is 0 Å². The number of hydrogen-bond acceptors (Lipinski definition) is 5. The number of morpholine rings is 1. The summed E-state index contributed by atoms with van der Waals surface area (Å²) >= 11 is 7.29. The molecule has 6 nitrogen and oxygen atoms in total. The van der Waals surface area contributed by atoms with Crippen LogP contribution in [0.2, 0.25) is 5.02 Å². The highest BCUT2D eigenvalue weighted by atomic mass is 35.5. The maximum absolute atomic E-state index is 12.6. The number of hydrogen-bond donors (Lipinski definition) is 2. The van der Waals surface area contributed by atoms with E-state index < -0.39 is 0 Å². The first-order valence-electron chi connectivity index (χ1n) is 9.47. The molecule has 154 valence electrons. The lowest BCUT2D eigenvalue weighted by Gasteiger charge is -2.26. The zero-order valence-electron chi connectivity index (χ0n) is 16.0. The number of halogens is 1. The molecule has 0 aromatic heterocycles. The van der Waals surface area contributed by atoms with Crippen LogP contribution in [0.15, 0.2) is 53.4 Å². The first-order chi connectivity index (χ1) is 14.1. The number of thioether (sulfide) groups is 1. The highest BCUT2D eigenvalue weighted by Gasteiger charge is 2.14. The van der Waals surface area contributed by atoms with Crippen LogP contribution in [0.3, 0.4) is 0 Å². The van der Waals surface area contributed by atoms with Crippen LogP contribution in [-0.2, 0) is 9.53 Å². The van der Waals surface area contributed by atoms with E-state index in [1.165, 1.54) is 11.8 Å². The number of nitrogens with one attached hydrogen (secondary N) is 2. The molecule has 2 aromatic carbocycles. The minimum atomic E-state index is -0.195. The summed E-state index contributed by atoms with van der Waals surface area (Å²) in [5.74, 6) is -0.118. The van der Waals surface area contributed by atoms with Gasteiger partial charge < -0.3 is 15.4 Å². The Bertz CT molecular complexity index is 826. The minimum absolute atomic E-state index is 0.168. The highest BCUT2D eigenvalue weighted by Crippen LogP contribution is 2.21. The fourth-order valence-electron chi connectivity index (χ4n) is 2.90. The Labute approximate surface area is 179 Å². The Morgan fingerprint density at radius 2 is 1.79 bits per heavy atom. The molecule has 0 unspecified atom stereocenters. The maximum Gasteiger partial charge on any atom is 0.253 e. The van der Waals surface area contributed by atoms with Gasteiger partial charge in [0.15, 0.2) is 0 Å². The zero-order chi connectivity index (χ0) is 20.5. The average molecular weight is 434 g/mol. The molecule has 0 spiro atoms. The van der Waals surface area contributed by atoms with Crippen molar-refractivity contribution in [1.29, 1.82) is 0 Å². The monoisotopic (exact) mass is 433 g/mol. The summed E-state index contributed by atoms with van der Waals surface area (Å²) in [7, 11) is 0. The van der Waals surface area contributed by atoms with Crippen LogP contribution < -0.4 is 10.6 Å². The van der Waals surface area contributed by atoms with Crippen molar-refractivity contribution in [1.82, 2.24) is 10.2 Å². The van der Waals surface area contributed by atoms with Crippen LogP contribution in [0.25, 0.3) is 0 Å². The van der Waals surface area contributed by atoms with Crippen molar-refractivity contribution >= 4 is 40.9 Å². The van der Waals surface area contributed by atoms with E-state index in [9.17, 15) is 9.59 Å². The van der Waals surface area contributed by atoms with E-state index in [1.807, 2.05) is 12.1 Å². The number of ether oxygens (including phenoxy) is 1. The summed E-state index contributed by atoms with van der Waals surface area (Å²) in [5, 5.41) is 6.43. The van der Waals surface area contributed by atoms with Gasteiger partial charge in [0.05, 0.1) is 30.2 Å². The van der Waals surface area contributed by atoms with Gasteiger partial charge in [0.2, 0.25) is 5.91 Å². The molecule has 2 N–H and O–H groups in total. The molecule has 0 atom stereocenters. The molecule has 2 aromatic rings. The average Bonchev–Trinajstić information content (AvgIpc) is 2.74. The van der Waals surface area contributed by atoms with E-state index in [0.29, 0.717) is 22.8 Å². The summed E-state index contributed by atoms with van der Waals surface area (Å²) in [5.41, 5.74) is 0.970. The first kappa shape index (κ1) is 21.6. The fraction of sp³-hybridized carbons (Fsp3) is 0.333. The largest absolute Gasteiger partial charge is 0.379 e. The summed E-state index contributed by atoms with van der Waals surface area (Å²) in [6, 6.07) is 14.4. The van der Waals surface area contributed by atoms with Gasteiger partial charge >= 0.3 is 0 Å². The van der Waals surface area contributed by atoms with Crippen molar-refractivity contribution in [2.75, 3.05) is 50.5 Å². The molecular weight excluding hydrogens is 410 g/mol. The number of amides is 2. The Balaban J connectivity index is 1.49. The number of carbonyl (C=O) groups excluding carboxylic acids is 2. The number of nitrogens with zero attached hydrogens (tertiary/aromatic N) is 1. The van der Waals surface area contributed by atoms with Gasteiger partial charge in [-0.05, 0) is 36.4 Å². The Hall–Kier alpha value is -2.06. The van der Waals surface area contributed by atoms with Crippen LogP contribution in [0.1, 0.15) is 10.4 Å². The molecule has 0 aliphatic carbocycles. The molecule has 1 aliphatic heterocycles. The summed E-state index contributed by atoms with van der Waals surface area (Å²) in [6.07, 6.45) is 0. The predicted octanol–water partition coefficient (Wildman–Crippen LogP) is 3.13. The lowest BCUT2D eigenvalue weighted by molar-refractivity contribution is -0.113. The number of carbonyl (C=O) groups is 2. The summed E-state index contributed by atoms with van der Waals surface area (Å²) in [4.78, 5) is 28.1. The number of benzene rings is 2. The highest BCUT2D eigenvalue weighted by molar-refractivity contribution is 8.00. The van der Waals surface area contributed by atoms with E-state index >= 15 is 0 Å². The van der Waals surface area contributed by atoms with Gasteiger partial charge in [0, 0.05) is 36.1 Å². The van der Waals surface area contributed by atoms with Crippen LogP contribution >= 0.6 is 23.4 Å². The molecule has 0 radical (unpaired) electrons. The molecule has 0 bridgehead atoms. The molecule has 0 saturated carbocycles. The lowest BCUT2D eigenvalue weighted by atomic mass is 10.1. The van der Waals surface area contributed by atoms with Crippen LogP contribution in [0.5, 0.6) is 0 Å². The van der Waals surface area contributed by atoms with E-state index in [0.717, 1.165) is 37.7 Å².